The lowest BCUT2D eigenvalue weighted by atomic mass is 10.2. The Kier molecular flexibility index (Phi) is 4.99. The molecule has 0 aliphatic heterocycles. The third kappa shape index (κ3) is 4.84. The number of aryl methyl sites for hydroxylation is 1. The molecule has 0 spiro atoms. The second-order valence-electron chi connectivity index (χ2n) is 4.31. The summed E-state index contributed by atoms with van der Waals surface area (Å²) in [5.74, 6) is -0.0450. The van der Waals surface area contributed by atoms with E-state index >= 15 is 0 Å². The second-order valence-corrected chi connectivity index (χ2v) is 4.31. The average Bonchev–Trinajstić information content (AvgIpc) is 2.96. The van der Waals surface area contributed by atoms with Gasteiger partial charge in [0.05, 0.1) is 0 Å². The molecule has 2 rings (SSSR count). The van der Waals surface area contributed by atoms with Gasteiger partial charge >= 0.3 is 0 Å². The van der Waals surface area contributed by atoms with Crippen LogP contribution in [0.4, 0.5) is 0 Å². The number of hydrogen-bond donors (Lipinski definition) is 1. The number of carbonyl (C=O) groups excluding carboxylic acids is 1. The number of rotatable bonds is 6. The zero-order chi connectivity index (χ0) is 13.3. The van der Waals surface area contributed by atoms with Gasteiger partial charge in [-0.25, -0.2) is 0 Å². The molecule has 98 valence electrons. The summed E-state index contributed by atoms with van der Waals surface area (Å²) in [7, 11) is 0. The standard InChI is InChI=1S/C16H18N2O/c19-16(10-9-15-7-2-1-3-8-15)17-11-6-14-18-12-4-5-13-18/h1-5,7-10,12-13H,6,11,14H2,(H,17,19)/b10-9+. The van der Waals surface area contributed by atoms with Gasteiger partial charge in [0, 0.05) is 31.6 Å². The molecule has 3 heteroatoms. The number of nitrogens with one attached hydrogen (secondary N) is 1. The molecule has 3 nitrogen and oxygen atoms in total. The van der Waals surface area contributed by atoms with Crippen LogP contribution >= 0.6 is 0 Å². The topological polar surface area (TPSA) is 34.0 Å². The molecule has 0 aliphatic carbocycles. The summed E-state index contributed by atoms with van der Waals surface area (Å²) in [6, 6.07) is 13.8. The van der Waals surface area contributed by atoms with Gasteiger partial charge in [-0.1, -0.05) is 30.3 Å². The smallest absolute Gasteiger partial charge is 0.244 e. The van der Waals surface area contributed by atoms with Crippen molar-refractivity contribution in [2.45, 2.75) is 13.0 Å². The Labute approximate surface area is 113 Å². The molecule has 1 aromatic heterocycles. The van der Waals surface area contributed by atoms with Gasteiger partial charge in [-0.05, 0) is 30.2 Å². The van der Waals surface area contributed by atoms with Gasteiger partial charge in [0.2, 0.25) is 5.91 Å². The van der Waals surface area contributed by atoms with Crippen molar-refractivity contribution in [3.8, 4) is 0 Å². The molecule has 1 amide bonds. The lowest BCUT2D eigenvalue weighted by Gasteiger charge is -2.03. The van der Waals surface area contributed by atoms with Crippen molar-refractivity contribution in [2.24, 2.45) is 0 Å². The Morgan fingerprint density at radius 1 is 1.11 bits per heavy atom. The van der Waals surface area contributed by atoms with E-state index in [1.54, 1.807) is 6.08 Å². The summed E-state index contributed by atoms with van der Waals surface area (Å²) in [6.45, 7) is 1.62. The van der Waals surface area contributed by atoms with E-state index in [-0.39, 0.29) is 5.91 Å². The minimum atomic E-state index is -0.0450. The maximum atomic E-state index is 11.6. The van der Waals surface area contributed by atoms with Crippen molar-refractivity contribution < 1.29 is 4.79 Å². The molecule has 0 saturated heterocycles. The molecule has 0 unspecified atom stereocenters. The van der Waals surface area contributed by atoms with Gasteiger partial charge in [0.1, 0.15) is 0 Å². The molecule has 1 N–H and O–H groups in total. The Morgan fingerprint density at radius 3 is 2.58 bits per heavy atom. The van der Waals surface area contributed by atoms with Crippen LogP contribution in [0.15, 0.2) is 60.9 Å². The number of hydrogen-bond acceptors (Lipinski definition) is 1. The number of aromatic nitrogens is 1. The fourth-order valence-electron chi connectivity index (χ4n) is 1.79. The van der Waals surface area contributed by atoms with Gasteiger partial charge in [-0.2, -0.15) is 0 Å². The highest BCUT2D eigenvalue weighted by molar-refractivity contribution is 5.91. The van der Waals surface area contributed by atoms with E-state index in [2.05, 4.69) is 9.88 Å². The van der Waals surface area contributed by atoms with Gasteiger partial charge in [-0.3, -0.25) is 4.79 Å². The molecular formula is C16H18N2O. The zero-order valence-corrected chi connectivity index (χ0v) is 10.8. The summed E-state index contributed by atoms with van der Waals surface area (Å²) < 4.78 is 2.10. The fourth-order valence-corrected chi connectivity index (χ4v) is 1.79. The van der Waals surface area contributed by atoms with Crippen LogP contribution in [0.1, 0.15) is 12.0 Å². The molecular weight excluding hydrogens is 236 g/mol. The number of benzene rings is 1. The largest absolute Gasteiger partial charge is 0.354 e. The first-order valence-electron chi connectivity index (χ1n) is 6.46. The van der Waals surface area contributed by atoms with E-state index < -0.39 is 0 Å². The number of carbonyl (C=O) groups is 1. The van der Waals surface area contributed by atoms with E-state index in [1.807, 2.05) is 60.9 Å². The quantitative estimate of drug-likeness (QED) is 0.624. The summed E-state index contributed by atoms with van der Waals surface area (Å²) in [6.07, 6.45) is 8.38. The summed E-state index contributed by atoms with van der Waals surface area (Å²) in [5, 5.41) is 2.88. The first-order chi connectivity index (χ1) is 9.34. The molecule has 1 heterocycles. The summed E-state index contributed by atoms with van der Waals surface area (Å²) in [4.78, 5) is 11.6. The Morgan fingerprint density at radius 2 is 1.84 bits per heavy atom. The van der Waals surface area contributed by atoms with Crippen molar-refractivity contribution in [3.05, 3.63) is 66.5 Å². The minimum Gasteiger partial charge on any atom is -0.354 e. The molecule has 0 radical (unpaired) electrons. The van der Waals surface area contributed by atoms with Crippen molar-refractivity contribution in [1.29, 1.82) is 0 Å². The van der Waals surface area contributed by atoms with E-state index in [9.17, 15) is 4.79 Å². The summed E-state index contributed by atoms with van der Waals surface area (Å²) >= 11 is 0. The van der Waals surface area contributed by atoms with Gasteiger partial charge in [-0.15, -0.1) is 0 Å². The lowest BCUT2D eigenvalue weighted by Crippen LogP contribution is -2.22. The van der Waals surface area contributed by atoms with E-state index in [0.29, 0.717) is 6.54 Å². The van der Waals surface area contributed by atoms with Crippen LogP contribution in [0, 0.1) is 0 Å². The van der Waals surface area contributed by atoms with Crippen LogP contribution in [0.25, 0.3) is 6.08 Å². The zero-order valence-electron chi connectivity index (χ0n) is 10.8. The predicted molar refractivity (Wildman–Crippen MR) is 77.5 cm³/mol. The summed E-state index contributed by atoms with van der Waals surface area (Å²) in [5.41, 5.74) is 1.03. The average molecular weight is 254 g/mol. The molecule has 0 bridgehead atoms. The normalized spacial score (nSPS) is 10.7. The Balaban J connectivity index is 1.66. The van der Waals surface area contributed by atoms with Crippen molar-refractivity contribution in [3.63, 3.8) is 0 Å². The highest BCUT2D eigenvalue weighted by Crippen LogP contribution is 2.00. The highest BCUT2D eigenvalue weighted by atomic mass is 16.1. The third-order valence-electron chi connectivity index (χ3n) is 2.79. The van der Waals surface area contributed by atoms with E-state index in [4.69, 9.17) is 0 Å². The number of nitrogens with zero attached hydrogens (tertiary/aromatic N) is 1. The first-order valence-corrected chi connectivity index (χ1v) is 6.46. The first kappa shape index (κ1) is 13.1. The highest BCUT2D eigenvalue weighted by Gasteiger charge is 1.95. The van der Waals surface area contributed by atoms with Crippen LogP contribution in [0.2, 0.25) is 0 Å². The Hall–Kier alpha value is -2.29. The third-order valence-corrected chi connectivity index (χ3v) is 2.79. The van der Waals surface area contributed by atoms with Crippen LogP contribution in [0.5, 0.6) is 0 Å². The van der Waals surface area contributed by atoms with E-state index in [0.717, 1.165) is 18.5 Å². The second kappa shape index (κ2) is 7.21. The molecule has 19 heavy (non-hydrogen) atoms. The van der Waals surface area contributed by atoms with Crippen molar-refractivity contribution in [2.75, 3.05) is 6.54 Å². The Bertz CT molecular complexity index is 515. The maximum absolute atomic E-state index is 11.6. The molecule has 2 aromatic rings. The van der Waals surface area contributed by atoms with Crippen LogP contribution in [-0.4, -0.2) is 17.0 Å². The molecule has 0 atom stereocenters. The van der Waals surface area contributed by atoms with E-state index in [1.165, 1.54) is 0 Å². The molecule has 1 aromatic carbocycles. The predicted octanol–water partition coefficient (Wildman–Crippen LogP) is 2.71. The number of amides is 1. The molecule has 0 saturated carbocycles. The molecule has 0 fully saturated rings. The van der Waals surface area contributed by atoms with Gasteiger partial charge in [0.25, 0.3) is 0 Å². The SMILES string of the molecule is O=C(/C=C/c1ccccc1)NCCCn1cccc1. The fraction of sp³-hybridized carbons (Fsp3) is 0.188. The lowest BCUT2D eigenvalue weighted by molar-refractivity contribution is -0.116. The van der Waals surface area contributed by atoms with Gasteiger partial charge in [0.15, 0.2) is 0 Å². The van der Waals surface area contributed by atoms with Crippen LogP contribution < -0.4 is 5.32 Å². The van der Waals surface area contributed by atoms with Crippen LogP contribution in [0.3, 0.4) is 0 Å². The van der Waals surface area contributed by atoms with Crippen molar-refractivity contribution >= 4 is 12.0 Å². The maximum Gasteiger partial charge on any atom is 0.244 e. The van der Waals surface area contributed by atoms with Crippen LogP contribution in [-0.2, 0) is 11.3 Å². The minimum absolute atomic E-state index is 0.0450. The van der Waals surface area contributed by atoms with Crippen molar-refractivity contribution in [1.82, 2.24) is 9.88 Å². The molecule has 0 aliphatic rings. The monoisotopic (exact) mass is 254 g/mol. The van der Waals surface area contributed by atoms with Gasteiger partial charge < -0.3 is 9.88 Å².